The number of anilines is 1. The van der Waals surface area contributed by atoms with Crippen LogP contribution in [-0.4, -0.2) is 34.8 Å². The van der Waals surface area contributed by atoms with Crippen LogP contribution in [0.3, 0.4) is 0 Å². The van der Waals surface area contributed by atoms with Gasteiger partial charge in [-0.15, -0.1) is 0 Å². The van der Waals surface area contributed by atoms with Gasteiger partial charge in [0.2, 0.25) is 11.8 Å². The number of nitrogens with zero attached hydrogens (tertiary/aromatic N) is 3. The molecule has 174 valence electrons. The Hall–Kier alpha value is -3.22. The summed E-state index contributed by atoms with van der Waals surface area (Å²) in [5.41, 5.74) is 8.21. The summed E-state index contributed by atoms with van der Waals surface area (Å²) >= 11 is 0. The van der Waals surface area contributed by atoms with Crippen LogP contribution in [0.25, 0.3) is 0 Å². The van der Waals surface area contributed by atoms with E-state index in [2.05, 4.69) is 4.99 Å². The van der Waals surface area contributed by atoms with Crippen molar-refractivity contribution in [2.24, 2.45) is 16.6 Å². The number of rotatable bonds is 5. The molecule has 1 unspecified atom stereocenters. The van der Waals surface area contributed by atoms with E-state index in [9.17, 15) is 14.0 Å². The molecule has 2 amide bonds. The van der Waals surface area contributed by atoms with E-state index in [-0.39, 0.29) is 41.5 Å². The number of hydrogen-bond donors (Lipinski definition) is 1. The number of amides is 2. The molecule has 2 aliphatic rings. The molecule has 7 heteroatoms. The van der Waals surface area contributed by atoms with Crippen LogP contribution < -0.4 is 10.6 Å². The van der Waals surface area contributed by atoms with Crippen LogP contribution in [0.15, 0.2) is 53.5 Å². The molecule has 0 radical (unpaired) electrons. The van der Waals surface area contributed by atoms with E-state index < -0.39 is 5.54 Å². The summed E-state index contributed by atoms with van der Waals surface area (Å²) in [6.07, 6.45) is 0.635. The SMILES string of the molecule is CC(C)[C@]1(C)CC(=O)N([C@H](C)c2cccc(N3CC(c4cccc(F)c4)CC3=O)c2)C(N)=N1. The fourth-order valence-corrected chi connectivity index (χ4v) is 4.66. The quantitative estimate of drug-likeness (QED) is 0.735. The Balaban J connectivity index is 1.57. The summed E-state index contributed by atoms with van der Waals surface area (Å²) < 4.78 is 13.7. The fourth-order valence-electron chi connectivity index (χ4n) is 4.66. The van der Waals surface area contributed by atoms with Crippen molar-refractivity contribution in [1.82, 2.24) is 4.90 Å². The van der Waals surface area contributed by atoms with Crippen molar-refractivity contribution in [2.75, 3.05) is 11.4 Å². The molecule has 4 rings (SSSR count). The molecule has 2 N–H and O–H groups in total. The Kier molecular flexibility index (Phi) is 5.99. The summed E-state index contributed by atoms with van der Waals surface area (Å²) in [6.45, 7) is 8.44. The van der Waals surface area contributed by atoms with Crippen molar-refractivity contribution in [2.45, 2.75) is 58.0 Å². The van der Waals surface area contributed by atoms with Crippen LogP contribution in [0.2, 0.25) is 0 Å². The second kappa shape index (κ2) is 8.61. The second-order valence-electron chi connectivity index (χ2n) is 9.65. The van der Waals surface area contributed by atoms with Gasteiger partial charge in [-0.1, -0.05) is 38.1 Å². The first kappa shape index (κ1) is 23.0. The first-order valence-corrected chi connectivity index (χ1v) is 11.4. The Morgan fingerprint density at radius 2 is 1.82 bits per heavy atom. The van der Waals surface area contributed by atoms with Crippen molar-refractivity contribution in [3.05, 3.63) is 65.5 Å². The Bertz CT molecular complexity index is 1110. The number of nitrogens with two attached hydrogens (primary N) is 1. The van der Waals surface area contributed by atoms with Crippen LogP contribution in [-0.2, 0) is 9.59 Å². The molecular formula is C26H31FN4O2. The zero-order valence-electron chi connectivity index (χ0n) is 19.6. The number of hydrogen-bond acceptors (Lipinski definition) is 4. The van der Waals surface area contributed by atoms with Gasteiger partial charge >= 0.3 is 0 Å². The van der Waals surface area contributed by atoms with Crippen LogP contribution in [0, 0.1) is 11.7 Å². The largest absolute Gasteiger partial charge is 0.369 e. The second-order valence-corrected chi connectivity index (χ2v) is 9.65. The number of carbonyl (C=O) groups is 2. The maximum Gasteiger partial charge on any atom is 0.232 e. The summed E-state index contributed by atoms with van der Waals surface area (Å²) in [5, 5.41) is 0. The molecule has 0 aliphatic carbocycles. The van der Waals surface area contributed by atoms with E-state index in [4.69, 9.17) is 5.73 Å². The van der Waals surface area contributed by atoms with Crippen molar-refractivity contribution >= 4 is 23.5 Å². The first-order chi connectivity index (χ1) is 15.6. The average Bonchev–Trinajstić information content (AvgIpc) is 3.15. The van der Waals surface area contributed by atoms with Gasteiger partial charge in [-0.05, 0) is 55.2 Å². The summed E-state index contributed by atoms with van der Waals surface area (Å²) in [5.74, 6) is -0.00337. The molecule has 3 atom stereocenters. The van der Waals surface area contributed by atoms with E-state index in [1.54, 1.807) is 15.9 Å². The van der Waals surface area contributed by atoms with E-state index in [1.165, 1.54) is 12.1 Å². The highest BCUT2D eigenvalue weighted by atomic mass is 19.1. The minimum absolute atomic E-state index is 0.00288. The van der Waals surface area contributed by atoms with Gasteiger partial charge < -0.3 is 10.6 Å². The Morgan fingerprint density at radius 3 is 2.48 bits per heavy atom. The lowest BCUT2D eigenvalue weighted by Gasteiger charge is -2.40. The van der Waals surface area contributed by atoms with Crippen molar-refractivity contribution < 1.29 is 14.0 Å². The molecule has 0 bridgehead atoms. The van der Waals surface area contributed by atoms with Gasteiger partial charge in [-0.2, -0.15) is 0 Å². The van der Waals surface area contributed by atoms with Crippen molar-refractivity contribution in [1.29, 1.82) is 0 Å². The molecule has 6 nitrogen and oxygen atoms in total. The monoisotopic (exact) mass is 450 g/mol. The van der Waals surface area contributed by atoms with E-state index in [0.29, 0.717) is 19.4 Å². The third-order valence-electron chi connectivity index (χ3n) is 7.14. The summed E-state index contributed by atoms with van der Waals surface area (Å²) in [7, 11) is 0. The van der Waals surface area contributed by atoms with E-state index >= 15 is 0 Å². The van der Waals surface area contributed by atoms with Gasteiger partial charge in [0.05, 0.1) is 18.0 Å². The van der Waals surface area contributed by atoms with Crippen LogP contribution in [0.4, 0.5) is 10.1 Å². The highest BCUT2D eigenvalue weighted by molar-refractivity contribution is 6.00. The lowest BCUT2D eigenvalue weighted by Crippen LogP contribution is -2.52. The van der Waals surface area contributed by atoms with Gasteiger partial charge in [0.25, 0.3) is 0 Å². The number of halogens is 1. The molecule has 2 heterocycles. The highest BCUT2D eigenvalue weighted by Gasteiger charge is 2.40. The van der Waals surface area contributed by atoms with Gasteiger partial charge in [0.1, 0.15) is 5.82 Å². The first-order valence-electron chi connectivity index (χ1n) is 11.4. The van der Waals surface area contributed by atoms with Gasteiger partial charge in [-0.25, -0.2) is 9.38 Å². The summed E-state index contributed by atoms with van der Waals surface area (Å²) in [4.78, 5) is 33.8. The topological polar surface area (TPSA) is 79.0 Å². The molecular weight excluding hydrogens is 419 g/mol. The Labute approximate surface area is 194 Å². The average molecular weight is 451 g/mol. The van der Waals surface area contributed by atoms with Crippen LogP contribution in [0.1, 0.15) is 63.6 Å². The van der Waals surface area contributed by atoms with Crippen LogP contribution >= 0.6 is 0 Å². The molecule has 33 heavy (non-hydrogen) atoms. The number of aliphatic imine (C=N–C) groups is 1. The molecule has 0 spiro atoms. The highest BCUT2D eigenvalue weighted by Crippen LogP contribution is 2.36. The lowest BCUT2D eigenvalue weighted by molar-refractivity contribution is -0.131. The Morgan fingerprint density at radius 1 is 1.09 bits per heavy atom. The summed E-state index contributed by atoms with van der Waals surface area (Å²) in [6, 6.07) is 13.7. The predicted octanol–water partition coefficient (Wildman–Crippen LogP) is 4.37. The normalized spacial score (nSPS) is 24.4. The minimum atomic E-state index is -0.507. The van der Waals surface area contributed by atoms with E-state index in [1.807, 2.05) is 58.0 Å². The molecule has 0 aromatic heterocycles. The van der Waals surface area contributed by atoms with Gasteiger partial charge in [-0.3, -0.25) is 14.5 Å². The minimum Gasteiger partial charge on any atom is -0.369 e. The number of carbonyl (C=O) groups excluding carboxylic acids is 2. The molecule has 1 fully saturated rings. The lowest BCUT2D eigenvalue weighted by atomic mass is 9.84. The zero-order valence-corrected chi connectivity index (χ0v) is 19.6. The maximum atomic E-state index is 13.7. The van der Waals surface area contributed by atoms with Gasteiger partial charge in [0.15, 0.2) is 5.96 Å². The van der Waals surface area contributed by atoms with Crippen molar-refractivity contribution in [3.63, 3.8) is 0 Å². The molecule has 0 saturated carbocycles. The number of guanidine groups is 1. The third-order valence-corrected chi connectivity index (χ3v) is 7.14. The fraction of sp³-hybridized carbons (Fsp3) is 0.423. The maximum absolute atomic E-state index is 13.7. The van der Waals surface area contributed by atoms with Crippen LogP contribution in [0.5, 0.6) is 0 Å². The van der Waals surface area contributed by atoms with Crippen molar-refractivity contribution in [3.8, 4) is 0 Å². The third kappa shape index (κ3) is 4.36. The van der Waals surface area contributed by atoms with E-state index in [0.717, 1.165) is 16.8 Å². The zero-order chi connectivity index (χ0) is 23.9. The standard InChI is InChI=1S/C26H31FN4O2/c1-16(2)26(4)14-24(33)31(25(28)29-26)17(3)18-7-6-10-22(12-18)30-15-20(13-23(30)32)19-8-5-9-21(27)11-19/h5-12,16-17,20H,13-15H2,1-4H3,(H2,28,29)/t17-,20?,26+/m1/s1. The number of benzene rings is 2. The predicted molar refractivity (Wildman–Crippen MR) is 127 cm³/mol. The molecule has 2 aromatic carbocycles. The smallest absolute Gasteiger partial charge is 0.232 e. The van der Waals surface area contributed by atoms with Gasteiger partial charge in [0, 0.05) is 24.6 Å². The molecule has 2 aromatic rings. The molecule has 2 aliphatic heterocycles. The molecule has 1 saturated heterocycles.